The van der Waals surface area contributed by atoms with Crippen LogP contribution in [0.4, 0.5) is 0 Å². The van der Waals surface area contributed by atoms with Crippen molar-refractivity contribution in [3.63, 3.8) is 0 Å². The molecule has 25 heavy (non-hydrogen) atoms. The Bertz CT molecular complexity index is 951. The van der Waals surface area contributed by atoms with Crippen molar-refractivity contribution in [1.82, 2.24) is 15.0 Å². The summed E-state index contributed by atoms with van der Waals surface area (Å²) in [7, 11) is -3.78. The molecule has 0 bridgehead atoms. The Kier molecular flexibility index (Phi) is 5.00. The quantitative estimate of drug-likeness (QED) is 0.695. The zero-order valence-electron chi connectivity index (χ0n) is 14.0. The van der Waals surface area contributed by atoms with Crippen molar-refractivity contribution in [3.8, 4) is 5.75 Å². The number of hydrogen-bond acceptors (Lipinski definition) is 6. The number of fused-ring (bicyclic) bond motifs is 1. The van der Waals surface area contributed by atoms with Crippen molar-refractivity contribution < 1.29 is 17.8 Å². The van der Waals surface area contributed by atoms with Gasteiger partial charge in [0.05, 0.1) is 6.61 Å². The number of aromatic nitrogens is 2. The lowest BCUT2D eigenvalue weighted by atomic mass is 10.1. The van der Waals surface area contributed by atoms with Gasteiger partial charge in [-0.2, -0.15) is 0 Å². The van der Waals surface area contributed by atoms with Crippen molar-refractivity contribution in [2.24, 2.45) is 0 Å². The lowest BCUT2D eigenvalue weighted by molar-refractivity contribution is 0.315. The highest BCUT2D eigenvalue weighted by atomic mass is 32.2. The molecular weight excluding hydrogens is 342 g/mol. The van der Waals surface area contributed by atoms with Crippen molar-refractivity contribution in [1.29, 1.82) is 0 Å². The summed E-state index contributed by atoms with van der Waals surface area (Å²) >= 11 is 0. The number of sulfonamides is 1. The van der Waals surface area contributed by atoms with Gasteiger partial charge in [-0.15, -0.1) is 0 Å². The molecule has 0 aliphatic heterocycles. The molecule has 1 atom stereocenters. The second-order valence-electron chi connectivity index (χ2n) is 5.47. The van der Waals surface area contributed by atoms with Gasteiger partial charge >= 0.3 is 0 Å². The fourth-order valence-electron chi connectivity index (χ4n) is 2.60. The highest BCUT2D eigenvalue weighted by molar-refractivity contribution is 7.89. The van der Waals surface area contributed by atoms with Gasteiger partial charge in [0.1, 0.15) is 16.2 Å². The van der Waals surface area contributed by atoms with Crippen LogP contribution in [0.5, 0.6) is 5.75 Å². The Morgan fingerprint density at radius 1 is 1.12 bits per heavy atom. The number of nitrogens with zero attached hydrogens (tertiary/aromatic N) is 2. The molecule has 0 aliphatic rings. The first-order valence-corrected chi connectivity index (χ1v) is 9.50. The third kappa shape index (κ3) is 3.64. The number of ether oxygens (including phenoxy) is 1. The predicted octanol–water partition coefficient (Wildman–Crippen LogP) is 3.05. The van der Waals surface area contributed by atoms with Crippen molar-refractivity contribution >= 4 is 21.1 Å². The molecule has 2 aromatic carbocycles. The summed E-state index contributed by atoms with van der Waals surface area (Å²) in [6, 6.07) is 11.8. The zero-order valence-corrected chi connectivity index (χ0v) is 14.8. The molecule has 1 aromatic heterocycles. The molecule has 3 aromatic rings. The summed E-state index contributed by atoms with van der Waals surface area (Å²) in [5, 5.41) is 7.39. The SMILES string of the molecule is CCOc1ccc([C@@H](CC)NS(=O)(=O)c2cccc3nonc23)cc1. The fourth-order valence-corrected chi connectivity index (χ4v) is 4.06. The van der Waals surface area contributed by atoms with Gasteiger partial charge in [0.15, 0.2) is 5.52 Å². The van der Waals surface area contributed by atoms with Gasteiger partial charge in [0.2, 0.25) is 10.0 Å². The zero-order chi connectivity index (χ0) is 17.9. The van der Waals surface area contributed by atoms with E-state index in [0.29, 0.717) is 18.5 Å². The van der Waals surface area contributed by atoms with Crippen LogP contribution in [0.2, 0.25) is 0 Å². The minimum absolute atomic E-state index is 0.0515. The Morgan fingerprint density at radius 3 is 2.56 bits per heavy atom. The molecule has 0 amide bonds. The summed E-state index contributed by atoms with van der Waals surface area (Å²) < 4.78 is 38.4. The summed E-state index contributed by atoms with van der Waals surface area (Å²) in [6.07, 6.45) is 0.597. The smallest absolute Gasteiger partial charge is 0.243 e. The van der Waals surface area contributed by atoms with E-state index in [4.69, 9.17) is 4.74 Å². The number of benzene rings is 2. The normalized spacial score (nSPS) is 13.0. The minimum Gasteiger partial charge on any atom is -0.494 e. The molecule has 8 heteroatoms. The maximum Gasteiger partial charge on any atom is 0.243 e. The first kappa shape index (κ1) is 17.4. The van der Waals surface area contributed by atoms with Crippen LogP contribution >= 0.6 is 0 Å². The second kappa shape index (κ2) is 7.20. The van der Waals surface area contributed by atoms with Crippen molar-refractivity contribution in [2.45, 2.75) is 31.2 Å². The highest BCUT2D eigenvalue weighted by Gasteiger charge is 2.24. The monoisotopic (exact) mass is 361 g/mol. The highest BCUT2D eigenvalue weighted by Crippen LogP contribution is 2.25. The van der Waals surface area contributed by atoms with E-state index >= 15 is 0 Å². The molecule has 3 rings (SSSR count). The van der Waals surface area contributed by atoms with Crippen LogP contribution in [0.1, 0.15) is 31.9 Å². The summed E-state index contributed by atoms with van der Waals surface area (Å²) in [4.78, 5) is 0.0515. The molecule has 0 radical (unpaired) electrons. The standard InChI is InChI=1S/C17H19N3O4S/c1-3-14(12-8-10-13(11-9-12)23-4-2)20-25(21,22)16-7-5-6-15-17(16)19-24-18-15/h5-11,14,20H,3-4H2,1-2H3/t14-/m1/s1. The van der Waals surface area contributed by atoms with Crippen LogP contribution in [-0.2, 0) is 10.0 Å². The molecule has 7 nitrogen and oxygen atoms in total. The first-order chi connectivity index (χ1) is 12.0. The third-order valence-electron chi connectivity index (χ3n) is 3.84. The molecule has 0 fully saturated rings. The Hall–Kier alpha value is -2.45. The maximum absolute atomic E-state index is 12.8. The van der Waals surface area contributed by atoms with Crippen molar-refractivity contribution in [3.05, 3.63) is 48.0 Å². The van der Waals surface area contributed by atoms with E-state index in [-0.39, 0.29) is 16.5 Å². The average molecular weight is 361 g/mol. The summed E-state index contributed by atoms with van der Waals surface area (Å²) in [5.41, 5.74) is 1.48. The largest absolute Gasteiger partial charge is 0.494 e. The number of nitrogens with one attached hydrogen (secondary N) is 1. The van der Waals surface area contributed by atoms with E-state index in [0.717, 1.165) is 11.3 Å². The first-order valence-electron chi connectivity index (χ1n) is 8.01. The maximum atomic E-state index is 12.8. The van der Waals surface area contributed by atoms with E-state index in [2.05, 4.69) is 19.7 Å². The van der Waals surface area contributed by atoms with Crippen LogP contribution in [0.25, 0.3) is 11.0 Å². The van der Waals surface area contributed by atoms with E-state index in [1.807, 2.05) is 38.1 Å². The molecule has 1 N–H and O–H groups in total. The van der Waals surface area contributed by atoms with E-state index in [9.17, 15) is 8.42 Å². The van der Waals surface area contributed by atoms with Gasteiger partial charge in [0, 0.05) is 6.04 Å². The molecule has 132 valence electrons. The van der Waals surface area contributed by atoms with E-state index < -0.39 is 10.0 Å². The van der Waals surface area contributed by atoms with Crippen molar-refractivity contribution in [2.75, 3.05) is 6.61 Å². The van der Waals surface area contributed by atoms with Gasteiger partial charge in [-0.05, 0) is 53.5 Å². The second-order valence-corrected chi connectivity index (χ2v) is 7.15. The molecule has 0 saturated heterocycles. The number of hydrogen-bond donors (Lipinski definition) is 1. The Balaban J connectivity index is 1.88. The molecule has 0 saturated carbocycles. The van der Waals surface area contributed by atoms with Gasteiger partial charge in [-0.25, -0.2) is 17.8 Å². The van der Waals surface area contributed by atoms with E-state index in [1.165, 1.54) is 6.07 Å². The third-order valence-corrected chi connectivity index (χ3v) is 5.34. The lowest BCUT2D eigenvalue weighted by Gasteiger charge is -2.18. The van der Waals surface area contributed by atoms with Gasteiger partial charge in [0.25, 0.3) is 0 Å². The minimum atomic E-state index is -3.78. The molecular formula is C17H19N3O4S. The Labute approximate surface area is 146 Å². The van der Waals surface area contributed by atoms with Gasteiger partial charge in [-0.3, -0.25) is 0 Å². The van der Waals surface area contributed by atoms with Gasteiger partial charge in [-0.1, -0.05) is 25.1 Å². The molecule has 1 heterocycles. The lowest BCUT2D eigenvalue weighted by Crippen LogP contribution is -2.28. The van der Waals surface area contributed by atoms with Crippen LogP contribution in [0.15, 0.2) is 52.0 Å². The van der Waals surface area contributed by atoms with E-state index in [1.54, 1.807) is 12.1 Å². The summed E-state index contributed by atoms with van der Waals surface area (Å²) in [5.74, 6) is 0.752. The van der Waals surface area contributed by atoms with Crippen LogP contribution in [-0.4, -0.2) is 25.3 Å². The van der Waals surface area contributed by atoms with Gasteiger partial charge < -0.3 is 4.74 Å². The van der Waals surface area contributed by atoms with Crippen LogP contribution in [0, 0.1) is 0 Å². The molecule has 0 unspecified atom stereocenters. The molecule has 0 aliphatic carbocycles. The fraction of sp³-hybridized carbons (Fsp3) is 0.294. The Morgan fingerprint density at radius 2 is 1.88 bits per heavy atom. The topological polar surface area (TPSA) is 94.3 Å². The molecule has 0 spiro atoms. The van der Waals surface area contributed by atoms with Crippen LogP contribution < -0.4 is 9.46 Å². The predicted molar refractivity (Wildman–Crippen MR) is 92.8 cm³/mol. The van der Waals surface area contributed by atoms with Crippen LogP contribution in [0.3, 0.4) is 0 Å². The summed E-state index contributed by atoms with van der Waals surface area (Å²) in [6.45, 7) is 4.41. The average Bonchev–Trinajstić information content (AvgIpc) is 3.09. The number of rotatable bonds is 7.